The summed E-state index contributed by atoms with van der Waals surface area (Å²) in [7, 11) is 0. The molecular formula is C3H4Cl2N2. The van der Waals surface area contributed by atoms with Crippen LogP contribution in [0.1, 0.15) is 0 Å². The van der Waals surface area contributed by atoms with Crippen LogP contribution in [-0.2, 0) is 0 Å². The lowest BCUT2D eigenvalue weighted by molar-refractivity contribution is 0.524. The maximum atomic E-state index is 5.46. The maximum Gasteiger partial charge on any atom is 0.190 e. The molecule has 1 rings (SSSR count). The Kier molecular flexibility index (Phi) is 1.52. The first-order valence-electron chi connectivity index (χ1n) is 1.89. The SMILES string of the molecule is ClC1N=CCN1Cl. The van der Waals surface area contributed by atoms with Crippen LogP contribution in [0.4, 0.5) is 0 Å². The minimum absolute atomic E-state index is 0.346. The largest absolute Gasteiger partial charge is 0.260 e. The maximum absolute atomic E-state index is 5.46. The summed E-state index contributed by atoms with van der Waals surface area (Å²) in [5.41, 5.74) is -0.346. The van der Waals surface area contributed by atoms with Crippen LogP contribution in [0.2, 0.25) is 0 Å². The van der Waals surface area contributed by atoms with E-state index in [4.69, 9.17) is 23.4 Å². The number of hydrogen-bond donors (Lipinski definition) is 0. The van der Waals surface area contributed by atoms with Gasteiger partial charge >= 0.3 is 0 Å². The Bertz CT molecular complexity index is 92.9. The van der Waals surface area contributed by atoms with E-state index in [2.05, 4.69) is 4.99 Å². The highest BCUT2D eigenvalue weighted by Crippen LogP contribution is 2.11. The number of hydrogen-bond acceptors (Lipinski definition) is 2. The quantitative estimate of drug-likeness (QED) is 0.278. The molecular weight excluding hydrogens is 135 g/mol. The van der Waals surface area contributed by atoms with Crippen LogP contribution in [0.3, 0.4) is 0 Å². The smallest absolute Gasteiger partial charge is 0.190 e. The molecule has 0 spiro atoms. The highest BCUT2D eigenvalue weighted by Gasteiger charge is 2.13. The third-order valence-corrected chi connectivity index (χ3v) is 1.49. The topological polar surface area (TPSA) is 15.6 Å². The predicted molar refractivity (Wildman–Crippen MR) is 30.7 cm³/mol. The van der Waals surface area contributed by atoms with Crippen molar-refractivity contribution in [3.8, 4) is 0 Å². The summed E-state index contributed by atoms with van der Waals surface area (Å²) in [6.45, 7) is 0.649. The summed E-state index contributed by atoms with van der Waals surface area (Å²) in [5, 5.41) is 0. The number of aliphatic imine (C=N–C) groups is 1. The van der Waals surface area contributed by atoms with Crippen molar-refractivity contribution >= 4 is 29.6 Å². The summed E-state index contributed by atoms with van der Waals surface area (Å²) in [6.07, 6.45) is 1.69. The predicted octanol–water partition coefficient (Wildman–Crippen LogP) is 1.05. The average molecular weight is 139 g/mol. The Labute approximate surface area is 51.8 Å². The van der Waals surface area contributed by atoms with E-state index < -0.39 is 0 Å². The molecule has 7 heavy (non-hydrogen) atoms. The Morgan fingerprint density at radius 3 is 2.71 bits per heavy atom. The van der Waals surface area contributed by atoms with Gasteiger partial charge in [0.05, 0.1) is 6.54 Å². The first-order valence-corrected chi connectivity index (χ1v) is 2.66. The third-order valence-electron chi connectivity index (χ3n) is 0.716. The van der Waals surface area contributed by atoms with Crippen LogP contribution in [0.25, 0.3) is 0 Å². The van der Waals surface area contributed by atoms with Crippen LogP contribution in [0.15, 0.2) is 4.99 Å². The van der Waals surface area contributed by atoms with Crippen molar-refractivity contribution in [2.45, 2.75) is 5.62 Å². The first-order chi connectivity index (χ1) is 3.30. The van der Waals surface area contributed by atoms with Gasteiger partial charge in [-0.3, -0.25) is 4.99 Å². The van der Waals surface area contributed by atoms with Gasteiger partial charge in [0.25, 0.3) is 0 Å². The minimum atomic E-state index is -0.346. The van der Waals surface area contributed by atoms with Gasteiger partial charge in [-0.1, -0.05) is 11.6 Å². The normalized spacial score (nSPS) is 32.0. The van der Waals surface area contributed by atoms with Crippen molar-refractivity contribution in [3.63, 3.8) is 0 Å². The van der Waals surface area contributed by atoms with Crippen LogP contribution in [0, 0.1) is 0 Å². The number of rotatable bonds is 0. The molecule has 0 fully saturated rings. The molecule has 0 aromatic carbocycles. The molecule has 4 heteroatoms. The lowest BCUT2D eigenvalue weighted by Crippen LogP contribution is -2.13. The summed E-state index contributed by atoms with van der Waals surface area (Å²) < 4.78 is 1.42. The standard InChI is InChI=1S/C3H4Cl2N2/c4-3-6-1-2-7(3)5/h1,3H,2H2. The molecule has 1 aliphatic rings. The van der Waals surface area contributed by atoms with Gasteiger partial charge in [-0.2, -0.15) is 4.42 Å². The number of halogens is 2. The van der Waals surface area contributed by atoms with Crippen LogP contribution in [0.5, 0.6) is 0 Å². The molecule has 0 saturated carbocycles. The van der Waals surface area contributed by atoms with E-state index in [9.17, 15) is 0 Å². The van der Waals surface area contributed by atoms with E-state index in [0.717, 1.165) is 0 Å². The minimum Gasteiger partial charge on any atom is -0.260 e. The lowest BCUT2D eigenvalue weighted by atomic mass is 10.8. The van der Waals surface area contributed by atoms with Crippen LogP contribution >= 0.6 is 23.4 Å². The zero-order chi connectivity index (χ0) is 5.28. The Morgan fingerprint density at radius 1 is 1.86 bits per heavy atom. The summed E-state index contributed by atoms with van der Waals surface area (Å²) in [6, 6.07) is 0. The van der Waals surface area contributed by atoms with Gasteiger partial charge < -0.3 is 0 Å². The monoisotopic (exact) mass is 138 g/mol. The average Bonchev–Trinajstić information content (AvgIpc) is 1.91. The fourth-order valence-corrected chi connectivity index (χ4v) is 0.643. The van der Waals surface area contributed by atoms with E-state index in [0.29, 0.717) is 6.54 Å². The van der Waals surface area contributed by atoms with E-state index in [1.165, 1.54) is 4.42 Å². The molecule has 0 bridgehead atoms. The zero-order valence-electron chi connectivity index (χ0n) is 3.51. The second-order valence-electron chi connectivity index (χ2n) is 1.22. The molecule has 0 amide bonds. The Morgan fingerprint density at radius 2 is 2.57 bits per heavy atom. The van der Waals surface area contributed by atoms with E-state index in [-0.39, 0.29) is 5.62 Å². The zero-order valence-corrected chi connectivity index (χ0v) is 5.02. The molecule has 0 N–H and O–H groups in total. The molecule has 0 aromatic heterocycles. The van der Waals surface area contributed by atoms with Crippen molar-refractivity contribution in [1.82, 2.24) is 4.42 Å². The van der Waals surface area contributed by atoms with E-state index in [1.807, 2.05) is 0 Å². The van der Waals surface area contributed by atoms with Gasteiger partial charge in [0, 0.05) is 6.21 Å². The first kappa shape index (κ1) is 5.35. The fourth-order valence-electron chi connectivity index (χ4n) is 0.371. The molecule has 0 radical (unpaired) electrons. The molecule has 40 valence electrons. The van der Waals surface area contributed by atoms with Gasteiger partial charge in [0.1, 0.15) is 0 Å². The summed E-state index contributed by atoms with van der Waals surface area (Å²) in [5.74, 6) is 0. The molecule has 1 heterocycles. The molecule has 0 aromatic rings. The second-order valence-corrected chi connectivity index (χ2v) is 2.05. The van der Waals surface area contributed by atoms with Crippen molar-refractivity contribution in [1.29, 1.82) is 0 Å². The molecule has 1 unspecified atom stereocenters. The Balaban J connectivity index is 2.45. The van der Waals surface area contributed by atoms with E-state index >= 15 is 0 Å². The highest BCUT2D eigenvalue weighted by molar-refractivity contribution is 6.26. The van der Waals surface area contributed by atoms with Crippen molar-refractivity contribution in [2.75, 3.05) is 6.54 Å². The molecule has 1 atom stereocenters. The van der Waals surface area contributed by atoms with Crippen LogP contribution < -0.4 is 0 Å². The molecule has 0 saturated heterocycles. The van der Waals surface area contributed by atoms with Gasteiger partial charge in [-0.15, -0.1) is 0 Å². The molecule has 0 aliphatic carbocycles. The fraction of sp³-hybridized carbons (Fsp3) is 0.667. The molecule has 2 nitrogen and oxygen atoms in total. The van der Waals surface area contributed by atoms with Gasteiger partial charge in [0.2, 0.25) is 0 Å². The second kappa shape index (κ2) is 1.99. The van der Waals surface area contributed by atoms with Crippen molar-refractivity contribution < 1.29 is 0 Å². The molecule has 1 aliphatic heterocycles. The van der Waals surface area contributed by atoms with Crippen molar-refractivity contribution in [3.05, 3.63) is 0 Å². The van der Waals surface area contributed by atoms with Gasteiger partial charge in [-0.25, -0.2) is 0 Å². The highest BCUT2D eigenvalue weighted by atomic mass is 35.5. The van der Waals surface area contributed by atoms with Gasteiger partial charge in [0.15, 0.2) is 5.62 Å². The van der Waals surface area contributed by atoms with Crippen molar-refractivity contribution in [2.24, 2.45) is 4.99 Å². The van der Waals surface area contributed by atoms with Gasteiger partial charge in [-0.05, 0) is 11.8 Å². The van der Waals surface area contributed by atoms with E-state index in [1.54, 1.807) is 6.21 Å². The number of alkyl halides is 1. The number of nitrogens with zero attached hydrogens (tertiary/aromatic N) is 2. The summed E-state index contributed by atoms with van der Waals surface area (Å²) in [4.78, 5) is 3.75. The summed E-state index contributed by atoms with van der Waals surface area (Å²) >= 11 is 10.9. The lowest BCUT2D eigenvalue weighted by Gasteiger charge is -2.03. The van der Waals surface area contributed by atoms with Crippen LogP contribution in [-0.4, -0.2) is 22.8 Å². The third kappa shape index (κ3) is 1.06. The Hall–Kier alpha value is 0.210.